The van der Waals surface area contributed by atoms with Gasteiger partial charge in [-0.25, -0.2) is 4.98 Å². The summed E-state index contributed by atoms with van der Waals surface area (Å²) in [6.07, 6.45) is 5.22. The number of amides is 2. The van der Waals surface area contributed by atoms with Gasteiger partial charge in [0.15, 0.2) is 0 Å². The van der Waals surface area contributed by atoms with Crippen LogP contribution in [0.4, 0.5) is 5.82 Å². The number of carbonyl (C=O) groups excluding carboxylic acids is 2. The van der Waals surface area contributed by atoms with E-state index in [9.17, 15) is 9.59 Å². The quantitative estimate of drug-likeness (QED) is 0.843. The minimum Gasteiger partial charge on any atom is -0.363 e. The van der Waals surface area contributed by atoms with E-state index in [0.29, 0.717) is 13.0 Å². The van der Waals surface area contributed by atoms with Crippen LogP contribution in [0.25, 0.3) is 0 Å². The molecule has 1 unspecified atom stereocenters. The van der Waals surface area contributed by atoms with Crippen LogP contribution in [0.2, 0.25) is 0 Å². The van der Waals surface area contributed by atoms with Crippen molar-refractivity contribution in [2.24, 2.45) is 0 Å². The monoisotopic (exact) mass is 316 g/mol. The fourth-order valence-electron chi connectivity index (χ4n) is 3.42. The van der Waals surface area contributed by atoms with Crippen LogP contribution in [0, 0.1) is 0 Å². The highest BCUT2D eigenvalue weighted by molar-refractivity contribution is 5.86. The van der Waals surface area contributed by atoms with E-state index in [0.717, 1.165) is 37.2 Å². The summed E-state index contributed by atoms with van der Waals surface area (Å²) in [6, 6.07) is 4.14. The first kappa shape index (κ1) is 15.8. The van der Waals surface area contributed by atoms with Crippen LogP contribution >= 0.6 is 0 Å². The average Bonchev–Trinajstić information content (AvgIpc) is 3.17. The standard InChI is InChI=1S/C17H24N4O2/c1-19(2)15-11-13(7-8-18-15)14-5-3-10-21(14)17(23)12-20-9-4-6-16(20)22/h7-8,11,14H,3-6,9-10,12H2,1-2H3. The summed E-state index contributed by atoms with van der Waals surface area (Å²) in [4.78, 5) is 34.3. The van der Waals surface area contributed by atoms with Crippen LogP contribution in [0.3, 0.4) is 0 Å². The van der Waals surface area contributed by atoms with Crippen molar-refractivity contribution in [3.63, 3.8) is 0 Å². The normalized spacial score (nSPS) is 21.1. The molecule has 2 fully saturated rings. The fourth-order valence-corrected chi connectivity index (χ4v) is 3.42. The molecule has 3 heterocycles. The Bertz CT molecular complexity index is 602. The molecule has 3 rings (SSSR count). The van der Waals surface area contributed by atoms with E-state index in [2.05, 4.69) is 11.1 Å². The lowest BCUT2D eigenvalue weighted by Crippen LogP contribution is -2.40. The fraction of sp³-hybridized carbons (Fsp3) is 0.588. The second kappa shape index (κ2) is 6.56. The van der Waals surface area contributed by atoms with Crippen LogP contribution in [-0.2, 0) is 9.59 Å². The van der Waals surface area contributed by atoms with Crippen molar-refractivity contribution < 1.29 is 9.59 Å². The Morgan fingerprint density at radius 2 is 2.17 bits per heavy atom. The number of pyridine rings is 1. The van der Waals surface area contributed by atoms with Gasteiger partial charge in [-0.1, -0.05) is 0 Å². The summed E-state index contributed by atoms with van der Waals surface area (Å²) in [5, 5.41) is 0. The molecular formula is C17H24N4O2. The molecule has 0 N–H and O–H groups in total. The van der Waals surface area contributed by atoms with Crippen LogP contribution in [0.15, 0.2) is 18.3 Å². The molecule has 2 amide bonds. The molecular weight excluding hydrogens is 292 g/mol. The zero-order valence-electron chi connectivity index (χ0n) is 13.9. The van der Waals surface area contributed by atoms with E-state index in [-0.39, 0.29) is 24.4 Å². The summed E-state index contributed by atoms with van der Waals surface area (Å²) in [7, 11) is 3.92. The van der Waals surface area contributed by atoms with Gasteiger partial charge in [0.25, 0.3) is 0 Å². The predicted molar refractivity (Wildman–Crippen MR) is 88.1 cm³/mol. The van der Waals surface area contributed by atoms with Crippen LogP contribution in [0.5, 0.6) is 0 Å². The van der Waals surface area contributed by atoms with Crippen molar-refractivity contribution in [3.05, 3.63) is 23.9 Å². The van der Waals surface area contributed by atoms with Gasteiger partial charge in [0.1, 0.15) is 5.82 Å². The average molecular weight is 316 g/mol. The Balaban J connectivity index is 1.73. The van der Waals surface area contributed by atoms with E-state index in [1.807, 2.05) is 30.0 Å². The van der Waals surface area contributed by atoms with Crippen LogP contribution < -0.4 is 4.90 Å². The Hall–Kier alpha value is -2.11. The number of hydrogen-bond donors (Lipinski definition) is 0. The Morgan fingerprint density at radius 3 is 2.87 bits per heavy atom. The molecule has 124 valence electrons. The maximum Gasteiger partial charge on any atom is 0.242 e. The highest BCUT2D eigenvalue weighted by atomic mass is 16.2. The first-order chi connectivity index (χ1) is 11.1. The summed E-state index contributed by atoms with van der Waals surface area (Å²) >= 11 is 0. The third kappa shape index (κ3) is 3.30. The molecule has 0 aliphatic carbocycles. The number of aromatic nitrogens is 1. The van der Waals surface area contributed by atoms with Crippen LogP contribution in [0.1, 0.15) is 37.3 Å². The van der Waals surface area contributed by atoms with Crippen molar-refractivity contribution in [2.75, 3.05) is 38.6 Å². The summed E-state index contributed by atoms with van der Waals surface area (Å²) in [5.41, 5.74) is 1.13. The van der Waals surface area contributed by atoms with Gasteiger partial charge in [-0.2, -0.15) is 0 Å². The number of carbonyl (C=O) groups is 2. The number of anilines is 1. The largest absolute Gasteiger partial charge is 0.363 e. The maximum absolute atomic E-state index is 12.7. The van der Waals surface area contributed by atoms with Gasteiger partial charge in [0, 0.05) is 39.8 Å². The molecule has 2 aliphatic rings. The van der Waals surface area contributed by atoms with E-state index >= 15 is 0 Å². The molecule has 1 aromatic heterocycles. The molecule has 2 aliphatic heterocycles. The second-order valence-corrected chi connectivity index (χ2v) is 6.51. The predicted octanol–water partition coefficient (Wildman–Crippen LogP) is 1.43. The van der Waals surface area contributed by atoms with E-state index < -0.39 is 0 Å². The molecule has 0 bridgehead atoms. The topological polar surface area (TPSA) is 56.8 Å². The zero-order chi connectivity index (χ0) is 16.4. The molecule has 0 aromatic carbocycles. The summed E-state index contributed by atoms with van der Waals surface area (Å²) in [6.45, 7) is 1.70. The third-order valence-electron chi connectivity index (χ3n) is 4.68. The Labute approximate surface area is 137 Å². The van der Waals surface area contributed by atoms with Crippen molar-refractivity contribution >= 4 is 17.6 Å². The highest BCUT2D eigenvalue weighted by Gasteiger charge is 2.32. The first-order valence-corrected chi connectivity index (χ1v) is 8.27. The summed E-state index contributed by atoms with van der Waals surface area (Å²) < 4.78 is 0. The van der Waals surface area contributed by atoms with Crippen molar-refractivity contribution in [1.29, 1.82) is 0 Å². The molecule has 0 spiro atoms. The molecule has 23 heavy (non-hydrogen) atoms. The van der Waals surface area contributed by atoms with Gasteiger partial charge < -0.3 is 14.7 Å². The van der Waals surface area contributed by atoms with Gasteiger partial charge in [0.2, 0.25) is 11.8 Å². The van der Waals surface area contributed by atoms with Crippen molar-refractivity contribution in [1.82, 2.24) is 14.8 Å². The second-order valence-electron chi connectivity index (χ2n) is 6.51. The Kier molecular flexibility index (Phi) is 4.50. The van der Waals surface area contributed by atoms with Gasteiger partial charge in [-0.15, -0.1) is 0 Å². The zero-order valence-corrected chi connectivity index (χ0v) is 13.9. The first-order valence-electron chi connectivity index (χ1n) is 8.27. The number of likely N-dealkylation sites (tertiary alicyclic amines) is 2. The minimum absolute atomic E-state index is 0.0611. The molecule has 6 heteroatoms. The van der Waals surface area contributed by atoms with Crippen LogP contribution in [-0.4, -0.2) is 60.3 Å². The molecule has 2 saturated heterocycles. The number of rotatable bonds is 4. The van der Waals surface area contributed by atoms with Gasteiger partial charge in [-0.3, -0.25) is 9.59 Å². The molecule has 0 saturated carbocycles. The number of nitrogens with zero attached hydrogens (tertiary/aromatic N) is 4. The van der Waals surface area contributed by atoms with E-state index in [4.69, 9.17) is 0 Å². The van der Waals surface area contributed by atoms with Gasteiger partial charge in [0.05, 0.1) is 12.6 Å². The van der Waals surface area contributed by atoms with Crippen molar-refractivity contribution in [3.8, 4) is 0 Å². The van der Waals surface area contributed by atoms with Gasteiger partial charge >= 0.3 is 0 Å². The minimum atomic E-state index is 0.0611. The Morgan fingerprint density at radius 1 is 1.35 bits per heavy atom. The maximum atomic E-state index is 12.7. The molecule has 6 nitrogen and oxygen atoms in total. The molecule has 1 atom stereocenters. The van der Waals surface area contributed by atoms with E-state index in [1.165, 1.54) is 0 Å². The van der Waals surface area contributed by atoms with E-state index in [1.54, 1.807) is 11.1 Å². The van der Waals surface area contributed by atoms with Crippen molar-refractivity contribution in [2.45, 2.75) is 31.7 Å². The molecule has 0 radical (unpaired) electrons. The molecule has 1 aromatic rings. The lowest BCUT2D eigenvalue weighted by molar-refractivity contribution is -0.139. The lowest BCUT2D eigenvalue weighted by Gasteiger charge is -2.27. The lowest BCUT2D eigenvalue weighted by atomic mass is 10.1. The highest BCUT2D eigenvalue weighted by Crippen LogP contribution is 2.33. The smallest absolute Gasteiger partial charge is 0.242 e. The summed E-state index contributed by atoms with van der Waals surface area (Å²) in [5.74, 6) is 1.07. The number of hydrogen-bond acceptors (Lipinski definition) is 4. The SMILES string of the molecule is CN(C)c1cc(C2CCCN2C(=O)CN2CCCC2=O)ccn1. The third-order valence-corrected chi connectivity index (χ3v) is 4.68. The van der Waals surface area contributed by atoms with Gasteiger partial charge in [-0.05, 0) is 37.0 Å².